The quantitative estimate of drug-likeness (QED) is 0.900. The summed E-state index contributed by atoms with van der Waals surface area (Å²) in [6.07, 6.45) is 2.15. The molecule has 0 aliphatic heterocycles. The molecule has 0 atom stereocenters. The van der Waals surface area contributed by atoms with Gasteiger partial charge >= 0.3 is 0 Å². The number of benzene rings is 1. The largest absolute Gasteiger partial charge is 0.375 e. The number of aryl methyl sites for hydroxylation is 1. The van der Waals surface area contributed by atoms with Crippen LogP contribution in [0.2, 0.25) is 0 Å². The van der Waals surface area contributed by atoms with E-state index < -0.39 is 0 Å². The SMILES string of the molecule is Cc1nc(N)sc1C(=O)N(Cc1ccccc1Br)C1CC1. The predicted octanol–water partition coefficient (Wildman–Crippen LogP) is 3.60. The summed E-state index contributed by atoms with van der Waals surface area (Å²) in [4.78, 5) is 19.6. The Labute approximate surface area is 136 Å². The number of nitrogen functional groups attached to an aromatic ring is 1. The topological polar surface area (TPSA) is 59.2 Å². The summed E-state index contributed by atoms with van der Waals surface area (Å²) in [5.41, 5.74) is 7.56. The lowest BCUT2D eigenvalue weighted by molar-refractivity contribution is 0.0733. The zero-order valence-corrected chi connectivity index (χ0v) is 14.1. The fraction of sp³-hybridized carbons (Fsp3) is 0.333. The Morgan fingerprint density at radius 1 is 1.48 bits per heavy atom. The van der Waals surface area contributed by atoms with E-state index in [4.69, 9.17) is 5.73 Å². The first kappa shape index (κ1) is 14.5. The van der Waals surface area contributed by atoms with Crippen LogP contribution in [0.15, 0.2) is 28.7 Å². The normalized spacial score (nSPS) is 14.2. The average molecular weight is 366 g/mol. The number of carbonyl (C=O) groups is 1. The van der Waals surface area contributed by atoms with Crippen LogP contribution in [0, 0.1) is 6.92 Å². The smallest absolute Gasteiger partial charge is 0.266 e. The molecule has 1 saturated carbocycles. The van der Waals surface area contributed by atoms with Crippen LogP contribution in [0.4, 0.5) is 5.13 Å². The van der Waals surface area contributed by atoms with E-state index >= 15 is 0 Å². The van der Waals surface area contributed by atoms with Gasteiger partial charge in [-0.3, -0.25) is 4.79 Å². The zero-order chi connectivity index (χ0) is 15.0. The highest BCUT2D eigenvalue weighted by Gasteiger charge is 2.34. The van der Waals surface area contributed by atoms with Crippen molar-refractivity contribution in [2.24, 2.45) is 0 Å². The molecule has 1 heterocycles. The van der Waals surface area contributed by atoms with Crippen LogP contribution in [-0.2, 0) is 6.54 Å². The van der Waals surface area contributed by atoms with Crippen molar-refractivity contribution >= 4 is 38.3 Å². The molecule has 0 bridgehead atoms. The van der Waals surface area contributed by atoms with Crippen molar-refractivity contribution in [1.82, 2.24) is 9.88 Å². The third-order valence-electron chi connectivity index (χ3n) is 3.55. The third kappa shape index (κ3) is 3.11. The summed E-state index contributed by atoms with van der Waals surface area (Å²) in [6, 6.07) is 8.35. The number of nitrogens with zero attached hydrogens (tertiary/aromatic N) is 2. The van der Waals surface area contributed by atoms with E-state index in [1.807, 2.05) is 36.1 Å². The van der Waals surface area contributed by atoms with E-state index in [2.05, 4.69) is 20.9 Å². The van der Waals surface area contributed by atoms with Crippen molar-refractivity contribution in [3.05, 3.63) is 44.9 Å². The molecule has 6 heteroatoms. The molecule has 2 N–H and O–H groups in total. The maximum atomic E-state index is 12.8. The van der Waals surface area contributed by atoms with E-state index in [1.165, 1.54) is 11.3 Å². The molecular weight excluding hydrogens is 350 g/mol. The molecule has 0 unspecified atom stereocenters. The number of anilines is 1. The van der Waals surface area contributed by atoms with Crippen molar-refractivity contribution in [2.45, 2.75) is 32.4 Å². The second-order valence-electron chi connectivity index (χ2n) is 5.22. The highest BCUT2D eigenvalue weighted by atomic mass is 79.9. The number of hydrogen-bond acceptors (Lipinski definition) is 4. The van der Waals surface area contributed by atoms with Gasteiger partial charge in [-0.2, -0.15) is 0 Å². The van der Waals surface area contributed by atoms with Crippen molar-refractivity contribution in [3.8, 4) is 0 Å². The van der Waals surface area contributed by atoms with Gasteiger partial charge in [0, 0.05) is 17.1 Å². The maximum absolute atomic E-state index is 12.8. The van der Waals surface area contributed by atoms with Crippen LogP contribution < -0.4 is 5.73 Å². The van der Waals surface area contributed by atoms with E-state index in [1.54, 1.807) is 0 Å². The van der Waals surface area contributed by atoms with Crippen LogP contribution in [0.1, 0.15) is 33.8 Å². The van der Waals surface area contributed by atoms with E-state index in [0.29, 0.717) is 22.6 Å². The monoisotopic (exact) mass is 365 g/mol. The molecule has 1 amide bonds. The van der Waals surface area contributed by atoms with Crippen molar-refractivity contribution in [1.29, 1.82) is 0 Å². The second kappa shape index (κ2) is 5.77. The lowest BCUT2D eigenvalue weighted by Crippen LogP contribution is -2.32. The molecule has 0 saturated heterocycles. The molecule has 4 nitrogen and oxygen atoms in total. The molecule has 3 rings (SSSR count). The molecule has 1 aromatic heterocycles. The molecule has 1 fully saturated rings. The number of carbonyl (C=O) groups excluding carboxylic acids is 1. The number of amides is 1. The first-order valence-electron chi connectivity index (χ1n) is 6.83. The molecular formula is C15H16BrN3OS. The minimum atomic E-state index is 0.0416. The van der Waals surface area contributed by atoms with Gasteiger partial charge in [0.05, 0.1) is 5.69 Å². The summed E-state index contributed by atoms with van der Waals surface area (Å²) < 4.78 is 1.03. The average Bonchev–Trinajstić information content (AvgIpc) is 3.22. The lowest BCUT2D eigenvalue weighted by Gasteiger charge is -2.22. The highest BCUT2D eigenvalue weighted by molar-refractivity contribution is 9.10. The van der Waals surface area contributed by atoms with E-state index in [0.717, 1.165) is 28.6 Å². The molecule has 110 valence electrons. The van der Waals surface area contributed by atoms with Crippen LogP contribution in [-0.4, -0.2) is 21.8 Å². The Morgan fingerprint density at radius 2 is 2.19 bits per heavy atom. The summed E-state index contributed by atoms with van der Waals surface area (Å²) in [5.74, 6) is 0.0416. The molecule has 21 heavy (non-hydrogen) atoms. The van der Waals surface area contributed by atoms with Crippen LogP contribution >= 0.6 is 27.3 Å². The minimum absolute atomic E-state index is 0.0416. The van der Waals surface area contributed by atoms with Crippen molar-refractivity contribution < 1.29 is 4.79 Å². The van der Waals surface area contributed by atoms with Gasteiger partial charge in [-0.25, -0.2) is 4.98 Å². The van der Waals surface area contributed by atoms with Crippen LogP contribution in [0.5, 0.6) is 0 Å². The van der Waals surface area contributed by atoms with Gasteiger partial charge in [0.2, 0.25) is 0 Å². The third-order valence-corrected chi connectivity index (χ3v) is 5.30. The molecule has 0 radical (unpaired) electrons. The Morgan fingerprint density at radius 3 is 2.76 bits per heavy atom. The molecule has 2 aromatic rings. The number of thiazole rings is 1. The van der Waals surface area contributed by atoms with E-state index in [-0.39, 0.29) is 5.91 Å². The Hall–Kier alpha value is -1.40. The van der Waals surface area contributed by atoms with Crippen LogP contribution in [0.3, 0.4) is 0 Å². The van der Waals surface area contributed by atoms with Crippen LogP contribution in [0.25, 0.3) is 0 Å². The fourth-order valence-electron chi connectivity index (χ4n) is 2.31. The fourth-order valence-corrected chi connectivity index (χ4v) is 3.51. The van der Waals surface area contributed by atoms with Crippen molar-refractivity contribution in [3.63, 3.8) is 0 Å². The predicted molar refractivity (Wildman–Crippen MR) is 88.3 cm³/mol. The number of halogens is 1. The van der Waals surface area contributed by atoms with Gasteiger partial charge in [0.15, 0.2) is 5.13 Å². The van der Waals surface area contributed by atoms with Gasteiger partial charge < -0.3 is 10.6 Å². The van der Waals surface area contributed by atoms with E-state index in [9.17, 15) is 4.79 Å². The maximum Gasteiger partial charge on any atom is 0.266 e. The first-order valence-corrected chi connectivity index (χ1v) is 8.44. The van der Waals surface area contributed by atoms with Crippen molar-refractivity contribution in [2.75, 3.05) is 5.73 Å². The minimum Gasteiger partial charge on any atom is -0.375 e. The van der Waals surface area contributed by atoms with Gasteiger partial charge in [-0.1, -0.05) is 45.5 Å². The summed E-state index contributed by atoms with van der Waals surface area (Å²) in [6.45, 7) is 2.45. The summed E-state index contributed by atoms with van der Waals surface area (Å²) >= 11 is 4.83. The summed E-state index contributed by atoms with van der Waals surface area (Å²) in [5, 5.41) is 0.451. The number of nitrogens with two attached hydrogens (primary N) is 1. The summed E-state index contributed by atoms with van der Waals surface area (Å²) in [7, 11) is 0. The van der Waals surface area contributed by atoms with Gasteiger partial charge in [0.25, 0.3) is 5.91 Å². The Kier molecular flexibility index (Phi) is 3.99. The standard InChI is InChI=1S/C15H16BrN3OS/c1-9-13(21-15(17)18-9)14(20)19(11-6-7-11)8-10-4-2-3-5-12(10)16/h2-5,11H,6-8H2,1H3,(H2,17,18). The zero-order valence-electron chi connectivity index (χ0n) is 11.7. The first-order chi connectivity index (χ1) is 10.1. The molecule has 1 aliphatic rings. The second-order valence-corrected chi connectivity index (χ2v) is 7.11. The number of aromatic nitrogens is 1. The molecule has 1 aromatic carbocycles. The van der Waals surface area contributed by atoms with Gasteiger partial charge in [-0.15, -0.1) is 0 Å². The highest BCUT2D eigenvalue weighted by Crippen LogP contribution is 2.33. The van der Waals surface area contributed by atoms with Gasteiger partial charge in [-0.05, 0) is 31.4 Å². The van der Waals surface area contributed by atoms with Gasteiger partial charge in [0.1, 0.15) is 4.88 Å². The molecule has 1 aliphatic carbocycles. The Balaban J connectivity index is 1.87. The number of rotatable bonds is 4. The lowest BCUT2D eigenvalue weighted by atomic mass is 10.2. The number of hydrogen-bond donors (Lipinski definition) is 1. The Bertz CT molecular complexity index is 681. The molecule has 0 spiro atoms.